The van der Waals surface area contributed by atoms with Gasteiger partial charge in [0.05, 0.1) is 11.0 Å². The Morgan fingerprint density at radius 3 is 2.33 bits per heavy atom. The molecule has 3 nitrogen and oxygen atoms in total. The third-order valence-electron chi connectivity index (χ3n) is 4.80. The number of aromatic nitrogens is 2. The first kappa shape index (κ1) is 16.7. The lowest BCUT2D eigenvalue weighted by Crippen LogP contribution is -2.11. The van der Waals surface area contributed by atoms with E-state index in [1.165, 1.54) is 27.8 Å². The molecule has 0 saturated carbocycles. The monoisotopic (exact) mass is 321 g/mol. The summed E-state index contributed by atoms with van der Waals surface area (Å²) in [7, 11) is 0. The van der Waals surface area contributed by atoms with Crippen LogP contribution in [0.15, 0.2) is 36.4 Å². The van der Waals surface area contributed by atoms with E-state index < -0.39 is 0 Å². The number of nitrogens with two attached hydrogens (primary N) is 1. The van der Waals surface area contributed by atoms with E-state index in [9.17, 15) is 0 Å². The van der Waals surface area contributed by atoms with Gasteiger partial charge in [-0.05, 0) is 60.7 Å². The number of hydrogen-bond acceptors (Lipinski definition) is 2. The number of aryl methyl sites for hydroxylation is 2. The van der Waals surface area contributed by atoms with Crippen molar-refractivity contribution in [3.05, 3.63) is 64.5 Å². The molecule has 0 spiro atoms. The summed E-state index contributed by atoms with van der Waals surface area (Å²) in [6.07, 6.45) is 0.802. The lowest BCUT2D eigenvalue weighted by atomic mass is 10.0. The molecule has 126 valence electrons. The second kappa shape index (κ2) is 6.78. The number of rotatable bonds is 5. The van der Waals surface area contributed by atoms with E-state index in [2.05, 4.69) is 68.7 Å². The molecule has 2 aromatic carbocycles. The molecule has 1 aromatic heterocycles. The number of hydrogen-bond donors (Lipinski definition) is 1. The molecule has 0 radical (unpaired) electrons. The minimum absolute atomic E-state index is 0.562. The standard InChI is InChI=1S/C21H27N3/c1-14(2)18-7-5-17(6-8-18)13-24-20-12-16(4)15(3)11-19(20)23-21(24)9-10-22/h5-8,11-12,14H,9-10,13,22H2,1-4H3. The van der Waals surface area contributed by atoms with Gasteiger partial charge < -0.3 is 10.3 Å². The van der Waals surface area contributed by atoms with Crippen LogP contribution in [0.5, 0.6) is 0 Å². The van der Waals surface area contributed by atoms with Crippen LogP contribution in [0, 0.1) is 13.8 Å². The quantitative estimate of drug-likeness (QED) is 0.760. The fraction of sp³-hybridized carbons (Fsp3) is 0.381. The first-order chi connectivity index (χ1) is 11.5. The summed E-state index contributed by atoms with van der Waals surface area (Å²) in [4.78, 5) is 4.83. The Kier molecular flexibility index (Phi) is 4.72. The van der Waals surface area contributed by atoms with Crippen LogP contribution in [0.3, 0.4) is 0 Å². The highest BCUT2D eigenvalue weighted by atomic mass is 15.1. The van der Waals surface area contributed by atoms with Gasteiger partial charge in [0.2, 0.25) is 0 Å². The normalized spacial score (nSPS) is 11.6. The molecule has 0 unspecified atom stereocenters. The summed E-state index contributed by atoms with van der Waals surface area (Å²) in [5.74, 6) is 1.64. The molecule has 0 bridgehead atoms. The lowest BCUT2D eigenvalue weighted by Gasteiger charge is -2.11. The first-order valence-corrected chi connectivity index (χ1v) is 8.75. The molecule has 0 saturated heterocycles. The number of benzene rings is 2. The highest BCUT2D eigenvalue weighted by Crippen LogP contribution is 2.23. The molecule has 1 heterocycles. The topological polar surface area (TPSA) is 43.8 Å². The molecule has 0 aliphatic heterocycles. The number of fused-ring (bicyclic) bond motifs is 1. The van der Waals surface area contributed by atoms with Crippen molar-refractivity contribution in [2.24, 2.45) is 5.73 Å². The predicted octanol–water partition coefficient (Wildman–Crippen LogP) is 4.33. The first-order valence-electron chi connectivity index (χ1n) is 8.75. The van der Waals surface area contributed by atoms with Crippen molar-refractivity contribution in [3.8, 4) is 0 Å². The second-order valence-electron chi connectivity index (χ2n) is 6.97. The van der Waals surface area contributed by atoms with Gasteiger partial charge in [0, 0.05) is 13.0 Å². The Bertz CT molecular complexity index is 842. The van der Waals surface area contributed by atoms with E-state index in [1.807, 2.05) is 0 Å². The Balaban J connectivity index is 2.03. The van der Waals surface area contributed by atoms with E-state index in [4.69, 9.17) is 10.7 Å². The minimum atomic E-state index is 0.562. The molecule has 24 heavy (non-hydrogen) atoms. The molecule has 0 aliphatic rings. The van der Waals surface area contributed by atoms with Crippen LogP contribution in [0.4, 0.5) is 0 Å². The zero-order valence-corrected chi connectivity index (χ0v) is 15.1. The largest absolute Gasteiger partial charge is 0.330 e. The molecule has 0 atom stereocenters. The molecule has 2 N–H and O–H groups in total. The van der Waals surface area contributed by atoms with E-state index in [0.717, 1.165) is 24.3 Å². The van der Waals surface area contributed by atoms with Crippen molar-refractivity contribution < 1.29 is 0 Å². The average Bonchev–Trinajstić information content (AvgIpc) is 2.86. The van der Waals surface area contributed by atoms with E-state index in [0.29, 0.717) is 12.5 Å². The minimum Gasteiger partial charge on any atom is -0.330 e. The maximum Gasteiger partial charge on any atom is 0.111 e. The van der Waals surface area contributed by atoms with Crippen LogP contribution >= 0.6 is 0 Å². The van der Waals surface area contributed by atoms with Crippen molar-refractivity contribution in [3.63, 3.8) is 0 Å². The molecule has 0 amide bonds. The zero-order chi connectivity index (χ0) is 17.3. The van der Waals surface area contributed by atoms with Crippen LogP contribution in [0.2, 0.25) is 0 Å². The summed E-state index contributed by atoms with van der Waals surface area (Å²) in [6, 6.07) is 13.4. The maximum atomic E-state index is 5.80. The van der Waals surface area contributed by atoms with Crippen molar-refractivity contribution in [2.75, 3.05) is 6.54 Å². The van der Waals surface area contributed by atoms with Gasteiger partial charge in [-0.15, -0.1) is 0 Å². The zero-order valence-electron chi connectivity index (χ0n) is 15.1. The predicted molar refractivity (Wildman–Crippen MR) is 102 cm³/mol. The summed E-state index contributed by atoms with van der Waals surface area (Å²) in [6.45, 7) is 10.2. The Labute approximate surface area is 144 Å². The SMILES string of the molecule is Cc1cc2nc(CCN)n(Cc3ccc(C(C)C)cc3)c2cc1C. The molecule has 0 aliphatic carbocycles. The van der Waals surface area contributed by atoms with Gasteiger partial charge in [0.25, 0.3) is 0 Å². The Morgan fingerprint density at radius 2 is 1.71 bits per heavy atom. The Morgan fingerprint density at radius 1 is 1.04 bits per heavy atom. The summed E-state index contributed by atoms with van der Waals surface area (Å²) < 4.78 is 2.32. The van der Waals surface area contributed by atoms with Crippen LogP contribution in [-0.2, 0) is 13.0 Å². The number of imidazole rings is 1. The van der Waals surface area contributed by atoms with Crippen LogP contribution in [-0.4, -0.2) is 16.1 Å². The average molecular weight is 321 g/mol. The molecular weight excluding hydrogens is 294 g/mol. The van der Waals surface area contributed by atoms with Gasteiger partial charge in [-0.3, -0.25) is 0 Å². The van der Waals surface area contributed by atoms with Crippen LogP contribution < -0.4 is 5.73 Å². The van der Waals surface area contributed by atoms with Gasteiger partial charge >= 0.3 is 0 Å². The molecular formula is C21H27N3. The van der Waals surface area contributed by atoms with E-state index in [1.54, 1.807) is 0 Å². The fourth-order valence-electron chi connectivity index (χ4n) is 3.12. The van der Waals surface area contributed by atoms with Crippen LogP contribution in [0.1, 0.15) is 47.8 Å². The molecule has 3 aromatic rings. The summed E-state index contributed by atoms with van der Waals surface area (Å²) in [5, 5.41) is 0. The van der Waals surface area contributed by atoms with Gasteiger partial charge in [-0.25, -0.2) is 4.98 Å². The van der Waals surface area contributed by atoms with Crippen molar-refractivity contribution in [1.82, 2.24) is 9.55 Å². The highest BCUT2D eigenvalue weighted by molar-refractivity contribution is 5.78. The fourth-order valence-corrected chi connectivity index (χ4v) is 3.12. The van der Waals surface area contributed by atoms with Gasteiger partial charge in [0.15, 0.2) is 0 Å². The van der Waals surface area contributed by atoms with Gasteiger partial charge in [0.1, 0.15) is 5.82 Å². The highest BCUT2D eigenvalue weighted by Gasteiger charge is 2.12. The molecule has 3 rings (SSSR count). The third kappa shape index (κ3) is 3.22. The lowest BCUT2D eigenvalue weighted by molar-refractivity contribution is 0.733. The van der Waals surface area contributed by atoms with Gasteiger partial charge in [-0.1, -0.05) is 38.1 Å². The molecule has 0 fully saturated rings. The van der Waals surface area contributed by atoms with E-state index in [-0.39, 0.29) is 0 Å². The number of nitrogens with zero attached hydrogens (tertiary/aromatic N) is 2. The maximum absolute atomic E-state index is 5.80. The van der Waals surface area contributed by atoms with Crippen molar-refractivity contribution >= 4 is 11.0 Å². The van der Waals surface area contributed by atoms with Crippen LogP contribution in [0.25, 0.3) is 11.0 Å². The summed E-state index contributed by atoms with van der Waals surface area (Å²) >= 11 is 0. The molecule has 3 heteroatoms. The smallest absolute Gasteiger partial charge is 0.111 e. The third-order valence-corrected chi connectivity index (χ3v) is 4.80. The summed E-state index contributed by atoms with van der Waals surface area (Å²) in [5.41, 5.74) is 13.3. The second-order valence-corrected chi connectivity index (χ2v) is 6.97. The van der Waals surface area contributed by atoms with Crippen molar-refractivity contribution in [2.45, 2.75) is 46.6 Å². The van der Waals surface area contributed by atoms with Crippen molar-refractivity contribution in [1.29, 1.82) is 0 Å². The van der Waals surface area contributed by atoms with Gasteiger partial charge in [-0.2, -0.15) is 0 Å². The van der Waals surface area contributed by atoms with E-state index >= 15 is 0 Å². The Hall–Kier alpha value is -2.13.